The number of amides is 2. The Labute approximate surface area is 381 Å². The number of esters is 1. The van der Waals surface area contributed by atoms with E-state index in [-0.39, 0.29) is 79.2 Å². The molecule has 2 aromatic carbocycles. The SMILES string of the molecule is COc1ccc2c(O[C@@H]3C[C@H]4C(=O)C[C@]5(C(=O)NS(=O)(=O)C6CC6)C[C@H]5/C=C\CC[C@H](C)C[C@@H](C)[C@H](CC(=O)OCC5(C)CC5)C(=O)N4C3)nc(-c3ccc(OC(C)C)c(F)c3)cc2c1. The number of hydrogen-bond acceptors (Lipinski definition) is 11. The predicted octanol–water partition coefficient (Wildman–Crippen LogP) is 8.12. The number of nitrogens with one attached hydrogen (secondary N) is 1. The number of carbonyl (C=O) groups is 4. The number of hydrogen-bond donors (Lipinski definition) is 1. The normalized spacial score (nSPS) is 28.3. The standard InChI is InChI=1S/C50H62FN3O10S/c1-29(2)63-44-16-11-32(21-40(44)51)41-22-33-20-35(61-6)12-15-38(33)46(52-41)64-36-23-42-43(55)26-50(48(58)53-65(59,60)37-13-14-37)25-34(50)10-8-7-9-30(3)19-31(4)39(47(57)54(42)27-36)24-45(56)62-28-49(5)17-18-49/h8,10-12,15-16,20-22,29-31,34,36-37,39,42H,7,9,13-14,17-19,23-28H2,1-6H3,(H,53,58)/b10-8-/t30-,31+,34+,36+,39-,42-,50+/m0/s1. The summed E-state index contributed by atoms with van der Waals surface area (Å²) in [5, 5.41) is 0.676. The van der Waals surface area contributed by atoms with Gasteiger partial charge in [-0.25, -0.2) is 17.8 Å². The molecule has 65 heavy (non-hydrogen) atoms. The first-order valence-electron chi connectivity index (χ1n) is 23.2. The number of benzene rings is 2. The number of ketones is 1. The number of aromatic nitrogens is 1. The topological polar surface area (TPSA) is 167 Å². The molecule has 0 radical (unpaired) electrons. The first-order valence-corrected chi connectivity index (χ1v) is 24.7. The fraction of sp³-hybridized carbons (Fsp3) is 0.580. The number of pyridine rings is 1. The van der Waals surface area contributed by atoms with Gasteiger partial charge in [-0.3, -0.25) is 23.9 Å². The highest BCUT2D eigenvalue weighted by atomic mass is 32.2. The summed E-state index contributed by atoms with van der Waals surface area (Å²) in [4.78, 5) is 64.0. The zero-order valence-electron chi connectivity index (χ0n) is 38.3. The molecule has 3 aliphatic carbocycles. The van der Waals surface area contributed by atoms with Crippen molar-refractivity contribution in [1.29, 1.82) is 0 Å². The van der Waals surface area contributed by atoms with Crippen molar-refractivity contribution in [2.45, 2.75) is 129 Å². The maximum absolute atomic E-state index is 15.4. The second kappa shape index (κ2) is 18.3. The summed E-state index contributed by atoms with van der Waals surface area (Å²) >= 11 is 0. The zero-order chi connectivity index (χ0) is 46.4. The van der Waals surface area contributed by atoms with E-state index in [4.69, 9.17) is 23.9 Å². The highest BCUT2D eigenvalue weighted by molar-refractivity contribution is 7.90. The molecule has 3 heterocycles. The second-order valence-corrected chi connectivity index (χ2v) is 22.0. The average Bonchev–Trinajstić information content (AvgIpc) is 4.20. The molecule has 1 saturated heterocycles. The van der Waals surface area contributed by atoms with Crippen molar-refractivity contribution >= 4 is 44.4 Å². The number of halogens is 1. The fourth-order valence-corrected chi connectivity index (χ4v) is 11.0. The summed E-state index contributed by atoms with van der Waals surface area (Å²) in [6.07, 6.45) is 7.84. The molecule has 8 rings (SSSR count). The third kappa shape index (κ3) is 10.5. The van der Waals surface area contributed by atoms with E-state index >= 15 is 9.18 Å². The van der Waals surface area contributed by atoms with Crippen LogP contribution in [0.15, 0.2) is 54.6 Å². The number of allylic oxidation sites excluding steroid dienone is 2. The average molecular weight is 916 g/mol. The number of carbonyl (C=O) groups excluding carboxylic acids is 4. The molecule has 1 aromatic heterocycles. The van der Waals surface area contributed by atoms with Gasteiger partial charge in [0.05, 0.1) is 61.1 Å². The lowest BCUT2D eigenvalue weighted by molar-refractivity contribution is -0.152. The monoisotopic (exact) mass is 915 g/mol. The number of fused-ring (bicyclic) bond motifs is 3. The molecule has 1 N–H and O–H groups in total. The van der Waals surface area contributed by atoms with Gasteiger partial charge in [-0.2, -0.15) is 0 Å². The van der Waals surface area contributed by atoms with Crippen molar-refractivity contribution in [3.05, 3.63) is 60.4 Å². The summed E-state index contributed by atoms with van der Waals surface area (Å²) in [6, 6.07) is 10.7. The quantitative estimate of drug-likeness (QED) is 0.130. The highest BCUT2D eigenvalue weighted by Gasteiger charge is 2.62. The van der Waals surface area contributed by atoms with Gasteiger partial charge in [-0.1, -0.05) is 32.9 Å². The molecule has 4 fully saturated rings. The third-order valence-corrected chi connectivity index (χ3v) is 15.9. The number of rotatable bonds is 13. The maximum atomic E-state index is 15.4. The minimum Gasteiger partial charge on any atom is -0.497 e. The molecular weight excluding hydrogens is 854 g/mol. The van der Waals surface area contributed by atoms with Crippen molar-refractivity contribution in [3.8, 4) is 28.6 Å². The Morgan fingerprint density at radius 2 is 1.80 bits per heavy atom. The van der Waals surface area contributed by atoms with Gasteiger partial charge in [0.25, 0.3) is 0 Å². The molecular formula is C50H62FN3O10S. The molecule has 2 aliphatic heterocycles. The Bertz CT molecular complexity index is 2480. The minimum atomic E-state index is -3.90. The van der Waals surface area contributed by atoms with E-state index in [0.29, 0.717) is 59.9 Å². The van der Waals surface area contributed by atoms with Crippen molar-refractivity contribution in [2.24, 2.45) is 34.5 Å². The van der Waals surface area contributed by atoms with Gasteiger partial charge >= 0.3 is 5.97 Å². The number of sulfonamides is 1. The Balaban J connectivity index is 1.14. The zero-order valence-corrected chi connectivity index (χ0v) is 39.1. The van der Waals surface area contributed by atoms with Crippen LogP contribution in [-0.2, 0) is 33.9 Å². The van der Waals surface area contributed by atoms with E-state index in [0.717, 1.165) is 19.3 Å². The number of Topliss-reactive ketones (excluding diaryl/α,β-unsaturated/α-hetero) is 1. The van der Waals surface area contributed by atoms with Crippen LogP contribution >= 0.6 is 0 Å². The van der Waals surface area contributed by atoms with Crippen LogP contribution in [0.1, 0.15) is 105 Å². The fourth-order valence-electron chi connectivity index (χ4n) is 9.57. The van der Waals surface area contributed by atoms with Crippen LogP contribution in [-0.4, -0.2) is 85.6 Å². The molecule has 0 spiro atoms. The van der Waals surface area contributed by atoms with Gasteiger partial charge < -0.3 is 23.8 Å². The van der Waals surface area contributed by atoms with Gasteiger partial charge in [-0.15, -0.1) is 0 Å². The molecule has 3 saturated carbocycles. The van der Waals surface area contributed by atoms with Crippen LogP contribution in [0.25, 0.3) is 22.0 Å². The summed E-state index contributed by atoms with van der Waals surface area (Å²) < 4.78 is 67.5. The summed E-state index contributed by atoms with van der Waals surface area (Å²) in [5.74, 6) is -2.87. The van der Waals surface area contributed by atoms with Crippen LogP contribution in [0.3, 0.4) is 0 Å². The van der Waals surface area contributed by atoms with Crippen molar-refractivity contribution in [2.75, 3.05) is 20.3 Å². The first-order chi connectivity index (χ1) is 30.9. The minimum absolute atomic E-state index is 0.0286. The van der Waals surface area contributed by atoms with Crippen LogP contribution in [0, 0.1) is 40.3 Å². The largest absolute Gasteiger partial charge is 0.497 e. The molecule has 0 unspecified atom stereocenters. The van der Waals surface area contributed by atoms with Crippen molar-refractivity contribution < 1.29 is 50.9 Å². The molecule has 0 bridgehead atoms. The Morgan fingerprint density at radius 3 is 2.49 bits per heavy atom. The summed E-state index contributed by atoms with van der Waals surface area (Å²) in [7, 11) is -2.35. The third-order valence-electron chi connectivity index (χ3n) is 14.1. The van der Waals surface area contributed by atoms with E-state index in [1.165, 1.54) is 11.0 Å². The van der Waals surface area contributed by atoms with Crippen LogP contribution < -0.4 is 18.9 Å². The van der Waals surface area contributed by atoms with Gasteiger partial charge in [0.2, 0.25) is 27.7 Å². The lowest BCUT2D eigenvalue weighted by atomic mass is 9.82. The lowest BCUT2D eigenvalue weighted by Gasteiger charge is -2.32. The molecule has 13 nitrogen and oxygen atoms in total. The molecule has 3 aromatic rings. The highest BCUT2D eigenvalue weighted by Crippen LogP contribution is 2.57. The Hall–Kier alpha value is -5.05. The van der Waals surface area contributed by atoms with E-state index in [2.05, 4.69) is 18.6 Å². The molecule has 7 atom stereocenters. The van der Waals surface area contributed by atoms with Gasteiger partial charge in [0, 0.05) is 29.2 Å². The van der Waals surface area contributed by atoms with E-state index in [1.54, 1.807) is 37.4 Å². The summed E-state index contributed by atoms with van der Waals surface area (Å²) in [5.41, 5.74) is -0.487. The predicted molar refractivity (Wildman–Crippen MR) is 242 cm³/mol. The van der Waals surface area contributed by atoms with Gasteiger partial charge in [-0.05, 0) is 131 Å². The van der Waals surface area contributed by atoms with Crippen LogP contribution in [0.2, 0.25) is 0 Å². The van der Waals surface area contributed by atoms with Gasteiger partial charge in [0.15, 0.2) is 17.3 Å². The van der Waals surface area contributed by atoms with E-state index in [9.17, 15) is 22.8 Å². The Kier molecular flexibility index (Phi) is 13.1. The number of nitrogens with zero attached hydrogens (tertiary/aromatic N) is 2. The van der Waals surface area contributed by atoms with Gasteiger partial charge in [0.1, 0.15) is 11.9 Å². The number of ether oxygens (including phenoxy) is 4. The molecule has 350 valence electrons. The first kappa shape index (κ1) is 46.5. The molecule has 2 amide bonds. The van der Waals surface area contributed by atoms with Crippen molar-refractivity contribution in [1.82, 2.24) is 14.6 Å². The Morgan fingerprint density at radius 1 is 1.03 bits per heavy atom. The number of methoxy groups -OCH3 is 1. The molecule has 5 aliphatic rings. The maximum Gasteiger partial charge on any atom is 0.306 e. The van der Waals surface area contributed by atoms with Crippen molar-refractivity contribution in [3.63, 3.8) is 0 Å². The van der Waals surface area contributed by atoms with Crippen LogP contribution in [0.5, 0.6) is 17.4 Å². The smallest absolute Gasteiger partial charge is 0.306 e. The second-order valence-electron chi connectivity index (χ2n) is 20.1. The van der Waals surface area contributed by atoms with Crippen LogP contribution in [0.4, 0.5) is 4.39 Å². The lowest BCUT2D eigenvalue weighted by Crippen LogP contribution is -2.47. The molecule has 15 heteroatoms. The van der Waals surface area contributed by atoms with E-state index < -0.39 is 62.2 Å². The summed E-state index contributed by atoms with van der Waals surface area (Å²) in [6.45, 7) is 10.0. The van der Waals surface area contributed by atoms with E-state index in [1.807, 2.05) is 39.0 Å².